The van der Waals surface area contributed by atoms with Crippen molar-refractivity contribution in [2.45, 2.75) is 96.8 Å². The minimum absolute atomic E-state index is 0.175. The molecule has 0 radical (unpaired) electrons. The van der Waals surface area contributed by atoms with Crippen molar-refractivity contribution in [3.05, 3.63) is 23.2 Å². The van der Waals surface area contributed by atoms with Crippen molar-refractivity contribution >= 4 is 11.6 Å². The summed E-state index contributed by atoms with van der Waals surface area (Å²) in [5.74, 6) is 0.836. The van der Waals surface area contributed by atoms with Gasteiger partial charge in [-0.3, -0.25) is 0 Å². The first-order valence-electron chi connectivity index (χ1n) is 10.4. The summed E-state index contributed by atoms with van der Waals surface area (Å²) < 4.78 is 5.66. The molecule has 144 valence electrons. The molecule has 1 rings (SSSR count). The lowest BCUT2D eigenvalue weighted by Crippen LogP contribution is -1.97. The largest absolute Gasteiger partial charge is 0.508 e. The van der Waals surface area contributed by atoms with E-state index in [0.29, 0.717) is 17.4 Å². The average Bonchev–Trinajstić information content (AvgIpc) is 2.60. The molecule has 1 N–H and O–H groups in total. The summed E-state index contributed by atoms with van der Waals surface area (Å²) in [6, 6.07) is 4.84. The maximum atomic E-state index is 9.30. The molecule has 0 saturated heterocycles. The molecule has 0 aromatic heterocycles. The molecule has 1 aromatic rings. The Labute approximate surface area is 159 Å². The van der Waals surface area contributed by atoms with Gasteiger partial charge in [-0.05, 0) is 18.6 Å². The molecule has 2 nitrogen and oxygen atoms in total. The highest BCUT2D eigenvalue weighted by Crippen LogP contribution is 2.28. The van der Waals surface area contributed by atoms with E-state index in [0.717, 1.165) is 6.42 Å². The van der Waals surface area contributed by atoms with Gasteiger partial charge in [0.15, 0.2) is 0 Å². The number of phenolic OH excluding ortho intramolecular Hbond substituents is 1. The third-order valence-corrected chi connectivity index (χ3v) is 4.97. The van der Waals surface area contributed by atoms with E-state index in [1.807, 2.05) is 0 Å². The summed E-state index contributed by atoms with van der Waals surface area (Å²) in [5.41, 5.74) is 0. The van der Waals surface area contributed by atoms with Gasteiger partial charge >= 0.3 is 0 Å². The summed E-state index contributed by atoms with van der Waals surface area (Å²) in [7, 11) is 0. The van der Waals surface area contributed by atoms with E-state index >= 15 is 0 Å². The fraction of sp³-hybridized carbons (Fsp3) is 0.727. The van der Waals surface area contributed by atoms with Crippen molar-refractivity contribution in [3.8, 4) is 11.5 Å². The first kappa shape index (κ1) is 22.2. The van der Waals surface area contributed by atoms with Crippen molar-refractivity contribution in [2.24, 2.45) is 0 Å². The second-order valence-corrected chi connectivity index (χ2v) is 7.47. The number of hydrogen-bond donors (Lipinski definition) is 1. The molecule has 0 aliphatic heterocycles. The molecule has 1 aromatic carbocycles. The van der Waals surface area contributed by atoms with Gasteiger partial charge in [-0.25, -0.2) is 0 Å². The van der Waals surface area contributed by atoms with E-state index in [9.17, 15) is 5.11 Å². The standard InChI is InChI=1S/C22H37ClO2/c1-2-3-4-5-6-7-8-9-10-11-12-13-14-15-18-25-22-17-16-20(24)19-21(22)23/h16-17,19,24H,2-15,18H2,1H3. The van der Waals surface area contributed by atoms with E-state index in [1.54, 1.807) is 12.1 Å². The number of ether oxygens (including phenoxy) is 1. The lowest BCUT2D eigenvalue weighted by atomic mass is 10.0. The monoisotopic (exact) mass is 368 g/mol. The zero-order valence-electron chi connectivity index (χ0n) is 16.1. The zero-order chi connectivity index (χ0) is 18.2. The van der Waals surface area contributed by atoms with Crippen LogP contribution in [0.2, 0.25) is 5.02 Å². The smallest absolute Gasteiger partial charge is 0.138 e. The van der Waals surface area contributed by atoms with E-state index in [2.05, 4.69) is 6.92 Å². The normalized spacial score (nSPS) is 11.0. The van der Waals surface area contributed by atoms with Crippen LogP contribution in [0.1, 0.15) is 96.8 Å². The number of rotatable bonds is 16. The number of hydrogen-bond acceptors (Lipinski definition) is 2. The average molecular weight is 369 g/mol. The van der Waals surface area contributed by atoms with Crippen molar-refractivity contribution in [2.75, 3.05) is 6.61 Å². The second-order valence-electron chi connectivity index (χ2n) is 7.06. The Balaban J connectivity index is 1.81. The maximum Gasteiger partial charge on any atom is 0.138 e. The third-order valence-electron chi connectivity index (χ3n) is 4.67. The van der Waals surface area contributed by atoms with Gasteiger partial charge in [0.2, 0.25) is 0 Å². The van der Waals surface area contributed by atoms with Crippen LogP contribution in [0.25, 0.3) is 0 Å². The van der Waals surface area contributed by atoms with Gasteiger partial charge in [-0.2, -0.15) is 0 Å². The molecule has 0 saturated carbocycles. The molecule has 0 aliphatic rings. The summed E-state index contributed by atoms with van der Waals surface area (Å²) >= 11 is 6.01. The molecule has 0 unspecified atom stereocenters. The molecule has 0 spiro atoms. The summed E-state index contributed by atoms with van der Waals surface area (Å²) in [6.45, 7) is 2.97. The van der Waals surface area contributed by atoms with E-state index < -0.39 is 0 Å². The number of benzene rings is 1. The van der Waals surface area contributed by atoms with E-state index in [1.165, 1.54) is 89.5 Å². The zero-order valence-corrected chi connectivity index (χ0v) is 16.8. The molecule has 0 heterocycles. The molecule has 0 atom stereocenters. The number of halogens is 1. The van der Waals surface area contributed by atoms with Crippen LogP contribution in [0.3, 0.4) is 0 Å². The molecular weight excluding hydrogens is 332 g/mol. The Hall–Kier alpha value is -0.890. The number of unbranched alkanes of at least 4 members (excludes halogenated alkanes) is 13. The van der Waals surface area contributed by atoms with Gasteiger partial charge < -0.3 is 9.84 Å². The van der Waals surface area contributed by atoms with Crippen molar-refractivity contribution in [3.63, 3.8) is 0 Å². The lowest BCUT2D eigenvalue weighted by molar-refractivity contribution is 0.304. The highest BCUT2D eigenvalue weighted by molar-refractivity contribution is 6.32. The SMILES string of the molecule is CCCCCCCCCCCCCCCCOc1ccc(O)cc1Cl. The fourth-order valence-electron chi connectivity index (χ4n) is 3.09. The van der Waals surface area contributed by atoms with Crippen molar-refractivity contribution < 1.29 is 9.84 Å². The number of aromatic hydroxyl groups is 1. The summed E-state index contributed by atoms with van der Waals surface area (Å²) in [5, 5.41) is 9.78. The van der Waals surface area contributed by atoms with Gasteiger partial charge in [0, 0.05) is 6.07 Å². The highest BCUT2D eigenvalue weighted by Gasteiger charge is 2.02. The molecule has 0 fully saturated rings. The van der Waals surface area contributed by atoms with Crippen LogP contribution >= 0.6 is 11.6 Å². The Morgan fingerprint density at radius 2 is 1.24 bits per heavy atom. The maximum absolute atomic E-state index is 9.30. The van der Waals surface area contributed by atoms with Crippen molar-refractivity contribution in [1.29, 1.82) is 0 Å². The third kappa shape index (κ3) is 12.2. The summed E-state index contributed by atoms with van der Waals surface area (Å²) in [6.07, 6.45) is 19.0. The molecule has 0 aliphatic carbocycles. The molecule has 25 heavy (non-hydrogen) atoms. The molecule has 0 amide bonds. The Morgan fingerprint density at radius 3 is 1.72 bits per heavy atom. The number of phenols is 1. The predicted molar refractivity (Wildman–Crippen MR) is 109 cm³/mol. The van der Waals surface area contributed by atoms with Crippen LogP contribution in [-0.2, 0) is 0 Å². The highest BCUT2D eigenvalue weighted by atomic mass is 35.5. The van der Waals surface area contributed by atoms with Crippen LogP contribution in [0.5, 0.6) is 11.5 Å². The van der Waals surface area contributed by atoms with E-state index in [4.69, 9.17) is 16.3 Å². The van der Waals surface area contributed by atoms with Crippen LogP contribution in [0.4, 0.5) is 0 Å². The van der Waals surface area contributed by atoms with Crippen LogP contribution in [-0.4, -0.2) is 11.7 Å². The van der Waals surface area contributed by atoms with Gasteiger partial charge in [0.05, 0.1) is 11.6 Å². The second kappa shape index (κ2) is 15.4. The van der Waals surface area contributed by atoms with E-state index in [-0.39, 0.29) is 5.75 Å². The van der Waals surface area contributed by atoms with Gasteiger partial charge in [-0.1, -0.05) is 102 Å². The minimum Gasteiger partial charge on any atom is -0.508 e. The lowest BCUT2D eigenvalue weighted by Gasteiger charge is -2.08. The van der Waals surface area contributed by atoms with Crippen LogP contribution in [0, 0.1) is 0 Å². The van der Waals surface area contributed by atoms with Gasteiger partial charge in [-0.15, -0.1) is 0 Å². The molecule has 0 bridgehead atoms. The van der Waals surface area contributed by atoms with Gasteiger partial charge in [0.25, 0.3) is 0 Å². The van der Waals surface area contributed by atoms with Crippen LogP contribution in [0.15, 0.2) is 18.2 Å². The first-order chi connectivity index (χ1) is 12.2. The Morgan fingerprint density at radius 1 is 0.760 bits per heavy atom. The van der Waals surface area contributed by atoms with Gasteiger partial charge in [0.1, 0.15) is 11.5 Å². The molecule has 3 heteroatoms. The van der Waals surface area contributed by atoms with Crippen LogP contribution < -0.4 is 4.74 Å². The predicted octanol–water partition coefficient (Wildman–Crippen LogP) is 7.91. The Kier molecular flexibility index (Phi) is 13.6. The molecular formula is C22H37ClO2. The minimum atomic E-state index is 0.175. The quantitative estimate of drug-likeness (QED) is 0.300. The first-order valence-corrected chi connectivity index (χ1v) is 10.7. The Bertz CT molecular complexity index is 434. The summed E-state index contributed by atoms with van der Waals surface area (Å²) in [4.78, 5) is 0. The fourth-order valence-corrected chi connectivity index (χ4v) is 3.31. The topological polar surface area (TPSA) is 29.5 Å². The van der Waals surface area contributed by atoms with Crippen molar-refractivity contribution in [1.82, 2.24) is 0 Å².